The summed E-state index contributed by atoms with van der Waals surface area (Å²) in [5.41, 5.74) is 2.52. The number of likely N-dealkylation sites (N-methyl/N-ethyl adjacent to an activating group) is 2. The van der Waals surface area contributed by atoms with Gasteiger partial charge in [-0.3, -0.25) is 24.1 Å². The smallest absolute Gasteiger partial charge is 0.328 e. The minimum atomic E-state index is -0.899. The van der Waals surface area contributed by atoms with Crippen LogP contribution in [0.5, 0.6) is 0 Å². The van der Waals surface area contributed by atoms with E-state index in [2.05, 4.69) is 22.0 Å². The van der Waals surface area contributed by atoms with Crippen LogP contribution in [0, 0.1) is 17.8 Å². The standard InChI is InChI=1S/C44H72N6O8/c1-12-28(4)38(49(8)41(53)37(27(2)3)47-43(55)44(6)20-15-22-48(44)7)35(56-9)26-36(51)50-23-14-17-34(50)39(57-10)29(5)40(52)46-33(42(54)58-11)25-30-18-19-32-31(24-30)16-13-21-45-32/h18-19,24,27-29,33-35,37-39,45H,12-17,20-23,25-26H2,1-11H3,(H,46,52)(H,47,55)/t28-,29+,33-,34-,35+,37-,38-,39?,44+/m0/s1. The first kappa shape index (κ1) is 46.9. The van der Waals surface area contributed by atoms with Crippen molar-refractivity contribution >= 4 is 35.3 Å². The number of nitrogens with zero attached hydrogens (tertiary/aromatic N) is 3. The monoisotopic (exact) mass is 813 g/mol. The van der Waals surface area contributed by atoms with Gasteiger partial charge in [-0.2, -0.15) is 0 Å². The van der Waals surface area contributed by atoms with Gasteiger partial charge in [0.2, 0.25) is 23.6 Å². The molecule has 0 aliphatic carbocycles. The molecule has 326 valence electrons. The van der Waals surface area contributed by atoms with Crippen LogP contribution < -0.4 is 16.0 Å². The number of ether oxygens (including phenoxy) is 3. The number of likely N-dealkylation sites (tertiary alicyclic amines) is 2. The van der Waals surface area contributed by atoms with Crippen molar-refractivity contribution in [3.05, 3.63) is 29.3 Å². The van der Waals surface area contributed by atoms with Crippen LogP contribution in [-0.4, -0.2) is 141 Å². The molecule has 0 aromatic heterocycles. The molecule has 3 heterocycles. The van der Waals surface area contributed by atoms with E-state index >= 15 is 0 Å². The second-order valence-electron chi connectivity index (χ2n) is 17.4. The largest absolute Gasteiger partial charge is 0.467 e. The van der Waals surface area contributed by atoms with Crippen LogP contribution in [0.4, 0.5) is 5.69 Å². The van der Waals surface area contributed by atoms with Crippen molar-refractivity contribution in [1.29, 1.82) is 0 Å². The number of anilines is 1. The Hall–Kier alpha value is -3.75. The molecule has 3 aliphatic heterocycles. The Morgan fingerprint density at radius 2 is 1.72 bits per heavy atom. The summed E-state index contributed by atoms with van der Waals surface area (Å²) in [6, 6.07) is 3.56. The first-order valence-electron chi connectivity index (χ1n) is 21.4. The molecule has 1 unspecified atom stereocenters. The summed E-state index contributed by atoms with van der Waals surface area (Å²) in [4.78, 5) is 74.6. The third kappa shape index (κ3) is 10.7. The first-order valence-corrected chi connectivity index (χ1v) is 21.4. The highest BCUT2D eigenvalue weighted by atomic mass is 16.5. The Kier molecular flexibility index (Phi) is 17.0. The highest BCUT2D eigenvalue weighted by molar-refractivity contribution is 5.92. The fourth-order valence-electron chi connectivity index (χ4n) is 9.25. The van der Waals surface area contributed by atoms with Gasteiger partial charge in [0.15, 0.2) is 0 Å². The number of carbonyl (C=O) groups is 5. The summed E-state index contributed by atoms with van der Waals surface area (Å²) in [6.07, 6.45) is 4.73. The van der Waals surface area contributed by atoms with Crippen LogP contribution in [-0.2, 0) is 51.0 Å². The molecule has 14 heteroatoms. The lowest BCUT2D eigenvalue weighted by atomic mass is 9.89. The summed E-state index contributed by atoms with van der Waals surface area (Å²) in [5, 5.41) is 9.42. The van der Waals surface area contributed by atoms with E-state index in [1.165, 1.54) is 12.7 Å². The molecule has 1 aromatic carbocycles. The fraction of sp³-hybridized carbons (Fsp3) is 0.750. The average Bonchev–Trinajstić information content (AvgIpc) is 3.84. The van der Waals surface area contributed by atoms with E-state index in [0.717, 1.165) is 62.9 Å². The van der Waals surface area contributed by atoms with E-state index in [0.29, 0.717) is 13.0 Å². The number of hydrogen-bond acceptors (Lipinski definition) is 10. The van der Waals surface area contributed by atoms with Gasteiger partial charge in [-0.05, 0) is 88.1 Å². The van der Waals surface area contributed by atoms with Crippen molar-refractivity contribution in [2.75, 3.05) is 60.4 Å². The lowest BCUT2D eigenvalue weighted by molar-refractivity contribution is -0.149. The Balaban J connectivity index is 1.47. The molecule has 58 heavy (non-hydrogen) atoms. The van der Waals surface area contributed by atoms with Crippen LogP contribution in [0.25, 0.3) is 0 Å². The molecule has 4 rings (SSSR count). The van der Waals surface area contributed by atoms with E-state index in [1.807, 2.05) is 58.7 Å². The maximum atomic E-state index is 14.3. The lowest BCUT2D eigenvalue weighted by Crippen LogP contribution is -2.61. The molecule has 2 saturated heterocycles. The van der Waals surface area contributed by atoms with Crippen molar-refractivity contribution in [2.24, 2.45) is 17.8 Å². The fourth-order valence-corrected chi connectivity index (χ4v) is 9.25. The van der Waals surface area contributed by atoms with E-state index in [1.54, 1.807) is 38.0 Å². The predicted molar refractivity (Wildman–Crippen MR) is 224 cm³/mol. The summed E-state index contributed by atoms with van der Waals surface area (Å²) < 4.78 is 17.1. The Bertz CT molecular complexity index is 1590. The molecule has 0 bridgehead atoms. The molecule has 0 spiro atoms. The number of amides is 4. The minimum Gasteiger partial charge on any atom is -0.467 e. The number of benzene rings is 1. The van der Waals surface area contributed by atoms with E-state index in [9.17, 15) is 24.0 Å². The molecule has 3 N–H and O–H groups in total. The predicted octanol–water partition coefficient (Wildman–Crippen LogP) is 3.79. The van der Waals surface area contributed by atoms with Gasteiger partial charge in [0.25, 0.3) is 0 Å². The van der Waals surface area contributed by atoms with Gasteiger partial charge in [-0.25, -0.2) is 4.79 Å². The minimum absolute atomic E-state index is 0.0128. The van der Waals surface area contributed by atoms with Gasteiger partial charge in [0, 0.05) is 46.5 Å². The molecule has 0 radical (unpaired) electrons. The zero-order chi connectivity index (χ0) is 42.9. The summed E-state index contributed by atoms with van der Waals surface area (Å²) in [7, 11) is 8.10. The van der Waals surface area contributed by atoms with Crippen LogP contribution in [0.3, 0.4) is 0 Å². The second-order valence-corrected chi connectivity index (χ2v) is 17.4. The van der Waals surface area contributed by atoms with Gasteiger partial charge in [0.1, 0.15) is 12.1 Å². The van der Waals surface area contributed by atoms with Crippen molar-refractivity contribution in [3.8, 4) is 0 Å². The van der Waals surface area contributed by atoms with Crippen LogP contribution in [0.1, 0.15) is 97.6 Å². The van der Waals surface area contributed by atoms with Crippen LogP contribution in [0.15, 0.2) is 18.2 Å². The number of methoxy groups -OCH3 is 3. The maximum absolute atomic E-state index is 14.3. The molecule has 14 nitrogen and oxygen atoms in total. The molecule has 4 amide bonds. The molecule has 2 fully saturated rings. The zero-order valence-corrected chi connectivity index (χ0v) is 37.0. The van der Waals surface area contributed by atoms with E-state index in [4.69, 9.17) is 14.2 Å². The Labute approximate surface area is 346 Å². The summed E-state index contributed by atoms with van der Waals surface area (Å²) in [5.74, 6) is -2.34. The first-order chi connectivity index (χ1) is 27.5. The Morgan fingerprint density at radius 1 is 1.00 bits per heavy atom. The summed E-state index contributed by atoms with van der Waals surface area (Å²) >= 11 is 0. The van der Waals surface area contributed by atoms with Gasteiger partial charge < -0.3 is 40.0 Å². The zero-order valence-electron chi connectivity index (χ0n) is 37.0. The van der Waals surface area contributed by atoms with Gasteiger partial charge >= 0.3 is 5.97 Å². The highest BCUT2D eigenvalue weighted by Gasteiger charge is 2.45. The molecule has 9 atom stereocenters. The highest BCUT2D eigenvalue weighted by Crippen LogP contribution is 2.31. The van der Waals surface area contributed by atoms with Crippen molar-refractivity contribution < 1.29 is 38.2 Å². The van der Waals surface area contributed by atoms with Gasteiger partial charge in [0.05, 0.1) is 49.3 Å². The van der Waals surface area contributed by atoms with Crippen molar-refractivity contribution in [1.82, 2.24) is 25.3 Å². The molecule has 3 aliphatic rings. The number of nitrogens with one attached hydrogen (secondary N) is 3. The molecular weight excluding hydrogens is 741 g/mol. The van der Waals surface area contributed by atoms with Crippen LogP contribution in [0.2, 0.25) is 0 Å². The average molecular weight is 813 g/mol. The van der Waals surface area contributed by atoms with Gasteiger partial charge in [-0.15, -0.1) is 0 Å². The molecular formula is C44H72N6O8. The number of aryl methyl sites for hydroxylation is 1. The van der Waals surface area contributed by atoms with E-state index < -0.39 is 53.8 Å². The van der Waals surface area contributed by atoms with Crippen LogP contribution >= 0.6 is 0 Å². The normalized spacial score (nSPS) is 23.1. The topological polar surface area (TPSA) is 159 Å². The number of fused-ring (bicyclic) bond motifs is 1. The number of rotatable bonds is 19. The quantitative estimate of drug-likeness (QED) is 0.176. The number of hydrogen-bond donors (Lipinski definition) is 3. The van der Waals surface area contributed by atoms with Crippen molar-refractivity contribution in [2.45, 2.75) is 141 Å². The second kappa shape index (κ2) is 21.0. The Morgan fingerprint density at radius 3 is 2.33 bits per heavy atom. The summed E-state index contributed by atoms with van der Waals surface area (Å²) in [6.45, 7) is 13.9. The lowest BCUT2D eigenvalue weighted by Gasteiger charge is -2.41. The molecule has 1 aromatic rings. The number of esters is 1. The number of carbonyl (C=O) groups excluding carboxylic acids is 5. The van der Waals surface area contributed by atoms with Crippen molar-refractivity contribution in [3.63, 3.8) is 0 Å². The SMILES string of the molecule is CC[C@H](C)[C@@H]([C@@H](CC(=O)N1CCC[C@H]1C(OC)[C@@H](C)C(=O)N[C@@H](Cc1ccc2c(c1)CCCN2)C(=O)OC)OC)N(C)C(=O)[C@@H](NC(=O)[C@@]1(C)CCCN1C)C(C)C. The van der Waals surface area contributed by atoms with Gasteiger partial charge in [-0.1, -0.05) is 53.2 Å². The third-order valence-electron chi connectivity index (χ3n) is 13.3. The van der Waals surface area contributed by atoms with E-state index in [-0.39, 0.29) is 48.3 Å². The maximum Gasteiger partial charge on any atom is 0.328 e. The molecule has 0 saturated carbocycles. The third-order valence-corrected chi connectivity index (χ3v) is 13.3.